The lowest BCUT2D eigenvalue weighted by Crippen LogP contribution is -2.04. The molecular weight excluding hydrogens is 154 g/mol. The van der Waals surface area contributed by atoms with Gasteiger partial charge in [-0.2, -0.15) is 0 Å². The monoisotopic (exact) mass is 167 g/mol. The summed E-state index contributed by atoms with van der Waals surface area (Å²) in [5.74, 6) is 2.07. The Bertz CT molecular complexity index is 265. The van der Waals surface area contributed by atoms with E-state index in [1.165, 1.54) is 12.8 Å². The van der Waals surface area contributed by atoms with Gasteiger partial charge in [0.1, 0.15) is 0 Å². The first-order chi connectivity index (χ1) is 5.75. The maximum atomic E-state index is 5.58. The predicted molar refractivity (Wildman–Crippen MR) is 43.3 cm³/mol. The number of hydrogen-bond donors (Lipinski definition) is 1. The summed E-state index contributed by atoms with van der Waals surface area (Å²) in [6, 6.07) is -0.148. The molecule has 12 heavy (non-hydrogen) atoms. The minimum absolute atomic E-state index is 0.148. The van der Waals surface area contributed by atoms with Gasteiger partial charge in [-0.15, -0.1) is 10.2 Å². The normalized spacial score (nSPS) is 19.5. The highest BCUT2D eigenvalue weighted by molar-refractivity contribution is 4.90. The van der Waals surface area contributed by atoms with E-state index in [0.717, 1.165) is 18.2 Å². The van der Waals surface area contributed by atoms with Gasteiger partial charge in [0.05, 0.1) is 6.04 Å². The van der Waals surface area contributed by atoms with Crippen LogP contribution in [-0.2, 0) is 6.42 Å². The molecule has 0 amide bonds. The van der Waals surface area contributed by atoms with Gasteiger partial charge in [0.2, 0.25) is 11.8 Å². The molecule has 1 heterocycles. The third-order valence-electron chi connectivity index (χ3n) is 2.03. The first-order valence-electron chi connectivity index (χ1n) is 4.33. The highest BCUT2D eigenvalue weighted by atomic mass is 16.4. The Hall–Kier alpha value is -0.900. The second-order valence-electron chi connectivity index (χ2n) is 3.47. The molecule has 0 aromatic carbocycles. The molecule has 0 bridgehead atoms. The average Bonchev–Trinajstić information content (AvgIpc) is 2.66. The fraction of sp³-hybridized carbons (Fsp3) is 0.750. The van der Waals surface area contributed by atoms with E-state index in [9.17, 15) is 0 Å². The van der Waals surface area contributed by atoms with Crippen molar-refractivity contribution in [2.24, 2.45) is 11.7 Å². The molecule has 0 unspecified atom stereocenters. The van der Waals surface area contributed by atoms with Crippen molar-refractivity contribution in [2.75, 3.05) is 0 Å². The molecule has 4 nitrogen and oxygen atoms in total. The van der Waals surface area contributed by atoms with Crippen molar-refractivity contribution >= 4 is 0 Å². The fourth-order valence-corrected chi connectivity index (χ4v) is 1.10. The van der Waals surface area contributed by atoms with Crippen LogP contribution in [0.4, 0.5) is 0 Å². The topological polar surface area (TPSA) is 64.9 Å². The maximum absolute atomic E-state index is 5.58. The summed E-state index contributed by atoms with van der Waals surface area (Å²) in [5.41, 5.74) is 5.58. The van der Waals surface area contributed by atoms with E-state index in [1.807, 2.05) is 6.92 Å². The van der Waals surface area contributed by atoms with Gasteiger partial charge < -0.3 is 10.2 Å². The number of aromatic nitrogens is 2. The van der Waals surface area contributed by atoms with Crippen molar-refractivity contribution in [1.29, 1.82) is 0 Å². The van der Waals surface area contributed by atoms with Gasteiger partial charge in [0.25, 0.3) is 0 Å². The Morgan fingerprint density at radius 1 is 1.58 bits per heavy atom. The molecule has 0 saturated heterocycles. The Balaban J connectivity index is 2.02. The van der Waals surface area contributed by atoms with Gasteiger partial charge in [-0.05, 0) is 25.7 Å². The zero-order chi connectivity index (χ0) is 8.55. The molecule has 1 atom stereocenters. The number of nitrogens with zero attached hydrogens (tertiary/aromatic N) is 2. The van der Waals surface area contributed by atoms with E-state index < -0.39 is 0 Å². The molecule has 0 spiro atoms. The van der Waals surface area contributed by atoms with E-state index in [1.54, 1.807) is 0 Å². The first-order valence-corrected chi connectivity index (χ1v) is 4.33. The predicted octanol–water partition coefficient (Wildman–Crippen LogP) is 1.04. The Labute approximate surface area is 71.2 Å². The molecule has 0 aliphatic heterocycles. The molecule has 1 fully saturated rings. The van der Waals surface area contributed by atoms with Crippen molar-refractivity contribution in [3.8, 4) is 0 Å². The first kappa shape index (κ1) is 7.73. The second-order valence-corrected chi connectivity index (χ2v) is 3.47. The Morgan fingerprint density at radius 3 is 2.83 bits per heavy atom. The molecule has 66 valence electrons. The zero-order valence-electron chi connectivity index (χ0n) is 7.16. The standard InChI is InChI=1S/C8H13N3O/c1-5(9)8-11-10-7(12-8)4-6-2-3-6/h5-6H,2-4,9H2,1H3/t5-/m0/s1. The summed E-state index contributed by atoms with van der Waals surface area (Å²) in [4.78, 5) is 0. The van der Waals surface area contributed by atoms with E-state index in [4.69, 9.17) is 10.2 Å². The zero-order valence-corrected chi connectivity index (χ0v) is 7.16. The van der Waals surface area contributed by atoms with Crippen LogP contribution in [0.15, 0.2) is 4.42 Å². The van der Waals surface area contributed by atoms with Crippen LogP contribution < -0.4 is 5.73 Å². The van der Waals surface area contributed by atoms with Crippen LogP contribution in [0.1, 0.15) is 37.6 Å². The molecule has 1 aromatic heterocycles. The number of rotatable bonds is 3. The quantitative estimate of drug-likeness (QED) is 0.730. The van der Waals surface area contributed by atoms with Crippen molar-refractivity contribution < 1.29 is 4.42 Å². The molecule has 4 heteroatoms. The largest absolute Gasteiger partial charge is 0.424 e. The molecular formula is C8H13N3O. The van der Waals surface area contributed by atoms with Gasteiger partial charge in [0.15, 0.2) is 0 Å². The van der Waals surface area contributed by atoms with Crippen molar-refractivity contribution in [3.63, 3.8) is 0 Å². The summed E-state index contributed by atoms with van der Waals surface area (Å²) in [7, 11) is 0. The van der Waals surface area contributed by atoms with Gasteiger partial charge in [-0.25, -0.2) is 0 Å². The Kier molecular flexibility index (Phi) is 1.84. The van der Waals surface area contributed by atoms with E-state index in [2.05, 4.69) is 10.2 Å². The van der Waals surface area contributed by atoms with Crippen LogP contribution in [-0.4, -0.2) is 10.2 Å². The summed E-state index contributed by atoms with van der Waals surface area (Å²) in [5, 5.41) is 7.78. The lowest BCUT2D eigenvalue weighted by molar-refractivity contribution is 0.420. The molecule has 0 radical (unpaired) electrons. The van der Waals surface area contributed by atoms with Crippen molar-refractivity contribution in [1.82, 2.24) is 10.2 Å². The highest BCUT2D eigenvalue weighted by Crippen LogP contribution is 2.32. The summed E-state index contributed by atoms with van der Waals surface area (Å²) in [6.07, 6.45) is 3.53. The summed E-state index contributed by atoms with van der Waals surface area (Å²) >= 11 is 0. The van der Waals surface area contributed by atoms with Crippen LogP contribution in [0.2, 0.25) is 0 Å². The molecule has 1 saturated carbocycles. The van der Waals surface area contributed by atoms with E-state index in [0.29, 0.717) is 5.89 Å². The third-order valence-corrected chi connectivity index (χ3v) is 2.03. The summed E-state index contributed by atoms with van der Waals surface area (Å²) in [6.45, 7) is 1.84. The average molecular weight is 167 g/mol. The summed E-state index contributed by atoms with van der Waals surface area (Å²) < 4.78 is 5.35. The third kappa shape index (κ3) is 1.64. The van der Waals surface area contributed by atoms with Crippen LogP contribution >= 0.6 is 0 Å². The van der Waals surface area contributed by atoms with Gasteiger partial charge in [0, 0.05) is 6.42 Å². The number of nitrogens with two attached hydrogens (primary N) is 1. The van der Waals surface area contributed by atoms with Crippen LogP contribution in [0.25, 0.3) is 0 Å². The molecule has 1 aliphatic rings. The lowest BCUT2D eigenvalue weighted by atomic mass is 10.3. The van der Waals surface area contributed by atoms with Crippen LogP contribution in [0.5, 0.6) is 0 Å². The maximum Gasteiger partial charge on any atom is 0.232 e. The SMILES string of the molecule is C[C@H](N)c1nnc(CC2CC2)o1. The van der Waals surface area contributed by atoms with Crippen molar-refractivity contribution in [2.45, 2.75) is 32.2 Å². The fourth-order valence-electron chi connectivity index (χ4n) is 1.10. The molecule has 2 rings (SSSR count). The lowest BCUT2D eigenvalue weighted by Gasteiger charge is -1.94. The van der Waals surface area contributed by atoms with Crippen molar-refractivity contribution in [3.05, 3.63) is 11.8 Å². The molecule has 2 N–H and O–H groups in total. The van der Waals surface area contributed by atoms with E-state index in [-0.39, 0.29) is 6.04 Å². The Morgan fingerprint density at radius 2 is 2.33 bits per heavy atom. The van der Waals surface area contributed by atoms with Crippen LogP contribution in [0.3, 0.4) is 0 Å². The highest BCUT2D eigenvalue weighted by Gasteiger charge is 2.24. The smallest absolute Gasteiger partial charge is 0.232 e. The minimum Gasteiger partial charge on any atom is -0.424 e. The van der Waals surface area contributed by atoms with Gasteiger partial charge in [-0.1, -0.05) is 0 Å². The second kappa shape index (κ2) is 2.86. The van der Waals surface area contributed by atoms with E-state index >= 15 is 0 Å². The van der Waals surface area contributed by atoms with Gasteiger partial charge >= 0.3 is 0 Å². The molecule has 1 aromatic rings. The van der Waals surface area contributed by atoms with Gasteiger partial charge in [-0.3, -0.25) is 0 Å². The number of hydrogen-bond acceptors (Lipinski definition) is 4. The molecule has 1 aliphatic carbocycles. The van der Waals surface area contributed by atoms with Crippen LogP contribution in [0, 0.1) is 5.92 Å². The minimum atomic E-state index is -0.148.